The summed E-state index contributed by atoms with van der Waals surface area (Å²) in [5, 5.41) is 0. The van der Waals surface area contributed by atoms with Crippen molar-refractivity contribution in [1.29, 1.82) is 0 Å². The molecule has 1 fully saturated rings. The van der Waals surface area contributed by atoms with Crippen LogP contribution in [0.4, 0.5) is 0 Å². The van der Waals surface area contributed by atoms with Gasteiger partial charge in [-0.1, -0.05) is 6.07 Å². The van der Waals surface area contributed by atoms with Gasteiger partial charge in [0.2, 0.25) is 0 Å². The summed E-state index contributed by atoms with van der Waals surface area (Å²) in [5.74, 6) is 0.0174. The summed E-state index contributed by atoms with van der Waals surface area (Å²) in [6.45, 7) is 2.60. The van der Waals surface area contributed by atoms with Crippen molar-refractivity contribution in [2.45, 2.75) is 38.3 Å². The molecule has 1 aliphatic rings. The second-order valence-electron chi connectivity index (χ2n) is 5.61. The fourth-order valence-electron chi connectivity index (χ4n) is 3.19. The van der Waals surface area contributed by atoms with Crippen LogP contribution < -0.4 is 5.73 Å². The van der Waals surface area contributed by atoms with Crippen LogP contribution in [0.15, 0.2) is 30.6 Å². The van der Waals surface area contributed by atoms with E-state index >= 15 is 0 Å². The smallest absolute Gasteiger partial charge is 0.256 e. The number of amides is 1. The number of nitrogens with two attached hydrogens (primary N) is 1. The Labute approximate surface area is 124 Å². The van der Waals surface area contributed by atoms with Crippen molar-refractivity contribution in [2.75, 3.05) is 6.54 Å². The second kappa shape index (κ2) is 5.77. The molecule has 5 heteroatoms. The predicted molar refractivity (Wildman–Crippen MR) is 81.9 cm³/mol. The standard InChI is InChI=1S/C16H20N4O/c1-11-4-2-5-12(10-17)20(11)16(21)13-6-3-7-14-15(13)19-9-8-18-14/h3,6-9,11-12H,2,4-5,10,17H2,1H3. The minimum Gasteiger partial charge on any atom is -0.332 e. The number of likely N-dealkylation sites (tertiary alicyclic amines) is 1. The molecule has 3 rings (SSSR count). The Bertz CT molecular complexity index is 652. The van der Waals surface area contributed by atoms with E-state index in [1.807, 2.05) is 23.1 Å². The Morgan fingerprint density at radius 3 is 2.95 bits per heavy atom. The maximum atomic E-state index is 13.0. The van der Waals surface area contributed by atoms with E-state index in [1.165, 1.54) is 0 Å². The lowest BCUT2D eigenvalue weighted by molar-refractivity contribution is 0.0496. The van der Waals surface area contributed by atoms with Gasteiger partial charge in [-0.3, -0.25) is 14.8 Å². The molecular weight excluding hydrogens is 264 g/mol. The van der Waals surface area contributed by atoms with E-state index in [4.69, 9.17) is 5.73 Å². The van der Waals surface area contributed by atoms with Crippen LogP contribution in [0.1, 0.15) is 36.5 Å². The number of benzene rings is 1. The van der Waals surface area contributed by atoms with Gasteiger partial charge >= 0.3 is 0 Å². The SMILES string of the molecule is CC1CCCC(CN)N1C(=O)c1cccc2nccnc12. The highest BCUT2D eigenvalue weighted by Crippen LogP contribution is 2.26. The van der Waals surface area contributed by atoms with Gasteiger partial charge in [-0.25, -0.2) is 0 Å². The van der Waals surface area contributed by atoms with E-state index in [0.717, 1.165) is 24.8 Å². The lowest BCUT2D eigenvalue weighted by atomic mass is 9.95. The minimum atomic E-state index is 0.0174. The number of carbonyl (C=O) groups is 1. The zero-order valence-electron chi connectivity index (χ0n) is 12.2. The summed E-state index contributed by atoms with van der Waals surface area (Å²) < 4.78 is 0. The number of hydrogen-bond acceptors (Lipinski definition) is 4. The Morgan fingerprint density at radius 1 is 1.33 bits per heavy atom. The Balaban J connectivity index is 2.03. The number of rotatable bonds is 2. The summed E-state index contributed by atoms with van der Waals surface area (Å²) in [6, 6.07) is 5.89. The molecule has 2 unspecified atom stereocenters. The topological polar surface area (TPSA) is 72.1 Å². The molecule has 1 aliphatic heterocycles. The number of carbonyl (C=O) groups excluding carboxylic acids is 1. The molecule has 2 heterocycles. The quantitative estimate of drug-likeness (QED) is 0.915. The Hall–Kier alpha value is -2.01. The number of fused-ring (bicyclic) bond motifs is 1. The van der Waals surface area contributed by atoms with Crippen molar-refractivity contribution >= 4 is 16.9 Å². The molecule has 0 bridgehead atoms. The molecule has 1 aromatic carbocycles. The van der Waals surface area contributed by atoms with Crippen LogP contribution in [0.2, 0.25) is 0 Å². The minimum absolute atomic E-state index is 0.0174. The monoisotopic (exact) mass is 284 g/mol. The van der Waals surface area contributed by atoms with E-state index < -0.39 is 0 Å². The maximum absolute atomic E-state index is 13.0. The summed E-state index contributed by atoms with van der Waals surface area (Å²) in [6.07, 6.45) is 6.39. The lowest BCUT2D eigenvalue weighted by Gasteiger charge is -2.40. The highest BCUT2D eigenvalue weighted by atomic mass is 16.2. The number of nitrogens with zero attached hydrogens (tertiary/aromatic N) is 3. The molecule has 1 amide bonds. The fourth-order valence-corrected chi connectivity index (χ4v) is 3.19. The van der Waals surface area contributed by atoms with Crippen molar-refractivity contribution in [3.63, 3.8) is 0 Å². The van der Waals surface area contributed by atoms with E-state index in [2.05, 4.69) is 16.9 Å². The largest absolute Gasteiger partial charge is 0.332 e. The van der Waals surface area contributed by atoms with Gasteiger partial charge in [-0.2, -0.15) is 0 Å². The molecule has 110 valence electrons. The van der Waals surface area contributed by atoms with Crippen molar-refractivity contribution in [3.05, 3.63) is 36.2 Å². The number of hydrogen-bond donors (Lipinski definition) is 1. The normalized spacial score (nSPS) is 22.5. The summed E-state index contributed by atoms with van der Waals surface area (Å²) in [5.41, 5.74) is 7.89. The number of para-hydroxylation sites is 1. The molecule has 0 radical (unpaired) electrons. The second-order valence-corrected chi connectivity index (χ2v) is 5.61. The Morgan fingerprint density at radius 2 is 2.14 bits per heavy atom. The molecule has 0 spiro atoms. The Kier molecular flexibility index (Phi) is 3.84. The molecule has 1 aromatic heterocycles. The van der Waals surface area contributed by atoms with Crippen LogP contribution in [-0.4, -0.2) is 39.4 Å². The van der Waals surface area contributed by atoms with Gasteiger partial charge in [0.05, 0.1) is 11.1 Å². The first kappa shape index (κ1) is 13.9. The average Bonchev–Trinajstić information content (AvgIpc) is 2.53. The molecule has 0 aliphatic carbocycles. The van der Waals surface area contributed by atoms with Gasteiger partial charge in [0, 0.05) is 31.0 Å². The van der Waals surface area contributed by atoms with E-state index in [1.54, 1.807) is 12.4 Å². The molecule has 5 nitrogen and oxygen atoms in total. The average molecular weight is 284 g/mol. The van der Waals surface area contributed by atoms with Crippen molar-refractivity contribution in [3.8, 4) is 0 Å². The van der Waals surface area contributed by atoms with Crippen LogP contribution in [0.3, 0.4) is 0 Å². The van der Waals surface area contributed by atoms with E-state index in [9.17, 15) is 4.79 Å². The van der Waals surface area contributed by atoms with Gasteiger partial charge in [-0.15, -0.1) is 0 Å². The van der Waals surface area contributed by atoms with Gasteiger partial charge in [0.1, 0.15) is 5.52 Å². The van der Waals surface area contributed by atoms with Gasteiger partial charge in [0.15, 0.2) is 0 Å². The zero-order chi connectivity index (χ0) is 14.8. The zero-order valence-corrected chi connectivity index (χ0v) is 12.2. The molecule has 21 heavy (non-hydrogen) atoms. The van der Waals surface area contributed by atoms with Crippen LogP contribution >= 0.6 is 0 Å². The maximum Gasteiger partial charge on any atom is 0.256 e. The molecule has 2 N–H and O–H groups in total. The third-order valence-corrected chi connectivity index (χ3v) is 4.26. The highest BCUT2D eigenvalue weighted by Gasteiger charge is 2.32. The van der Waals surface area contributed by atoms with Gasteiger partial charge in [-0.05, 0) is 38.3 Å². The third-order valence-electron chi connectivity index (χ3n) is 4.26. The summed E-state index contributed by atoms with van der Waals surface area (Å²) in [4.78, 5) is 23.5. The van der Waals surface area contributed by atoms with E-state index in [-0.39, 0.29) is 18.0 Å². The first-order chi connectivity index (χ1) is 10.2. The van der Waals surface area contributed by atoms with Crippen LogP contribution in [0.5, 0.6) is 0 Å². The predicted octanol–water partition coefficient (Wildman–Crippen LogP) is 1.97. The first-order valence-electron chi connectivity index (χ1n) is 7.45. The third kappa shape index (κ3) is 2.49. The van der Waals surface area contributed by atoms with Crippen LogP contribution in [0, 0.1) is 0 Å². The van der Waals surface area contributed by atoms with Crippen molar-refractivity contribution in [2.24, 2.45) is 5.73 Å². The fraction of sp³-hybridized carbons (Fsp3) is 0.438. The van der Waals surface area contributed by atoms with Gasteiger partial charge in [0.25, 0.3) is 5.91 Å². The number of piperidine rings is 1. The molecule has 2 aromatic rings. The molecule has 1 saturated heterocycles. The molecule has 0 saturated carbocycles. The van der Waals surface area contributed by atoms with E-state index in [0.29, 0.717) is 17.6 Å². The molecular formula is C16H20N4O. The van der Waals surface area contributed by atoms with Gasteiger partial charge < -0.3 is 10.6 Å². The number of aromatic nitrogens is 2. The lowest BCUT2D eigenvalue weighted by Crippen LogP contribution is -2.51. The van der Waals surface area contributed by atoms with Crippen molar-refractivity contribution in [1.82, 2.24) is 14.9 Å². The first-order valence-corrected chi connectivity index (χ1v) is 7.45. The highest BCUT2D eigenvalue weighted by molar-refractivity contribution is 6.04. The van der Waals surface area contributed by atoms with Crippen LogP contribution in [-0.2, 0) is 0 Å². The van der Waals surface area contributed by atoms with Crippen molar-refractivity contribution < 1.29 is 4.79 Å². The summed E-state index contributed by atoms with van der Waals surface area (Å²) >= 11 is 0. The molecule has 2 atom stereocenters. The summed E-state index contributed by atoms with van der Waals surface area (Å²) in [7, 11) is 0. The van der Waals surface area contributed by atoms with Crippen LogP contribution in [0.25, 0.3) is 11.0 Å².